The molecular weight excluding hydrogens is 220 g/mol. The monoisotopic (exact) mass is 232 g/mol. The highest BCUT2D eigenvalue weighted by atomic mass is 16.9. The molecule has 0 spiro atoms. The van der Waals surface area contributed by atoms with Crippen LogP contribution in [0.5, 0.6) is 0 Å². The van der Waals surface area contributed by atoms with Crippen LogP contribution in [0.3, 0.4) is 0 Å². The van der Waals surface area contributed by atoms with Crippen molar-refractivity contribution in [2.24, 2.45) is 7.05 Å². The summed E-state index contributed by atoms with van der Waals surface area (Å²) in [4.78, 5) is 18.4. The molecule has 0 fully saturated rings. The molecule has 0 amide bonds. The summed E-state index contributed by atoms with van der Waals surface area (Å²) in [5, 5.41) is 25.3. The summed E-state index contributed by atoms with van der Waals surface area (Å²) >= 11 is 0. The van der Waals surface area contributed by atoms with E-state index in [1.165, 1.54) is 6.20 Å². The third kappa shape index (κ3) is 3.52. The lowest BCUT2D eigenvalue weighted by Gasteiger charge is -1.95. The van der Waals surface area contributed by atoms with Gasteiger partial charge in [0.25, 0.3) is 5.82 Å². The number of hydrogen-bond donors (Lipinski definition) is 0. The van der Waals surface area contributed by atoms with E-state index in [9.17, 15) is 10.1 Å². The Labute approximate surface area is 90.8 Å². The zero-order chi connectivity index (χ0) is 12.9. The lowest BCUT2D eigenvalue weighted by Crippen LogP contribution is -2.29. The van der Waals surface area contributed by atoms with E-state index in [4.69, 9.17) is 15.3 Å². The Morgan fingerprint density at radius 1 is 1.38 bits per heavy atom. The first-order chi connectivity index (χ1) is 7.31. The number of aryl methyl sites for hydroxylation is 1. The number of nitro groups is 1. The van der Waals surface area contributed by atoms with E-state index >= 15 is 0 Å². The molecule has 0 N–H and O–H groups in total. The van der Waals surface area contributed by atoms with E-state index in [-0.39, 0.29) is 10.7 Å². The molecule has 1 aromatic heterocycles. The molecule has 1 heterocycles. The van der Waals surface area contributed by atoms with Crippen molar-refractivity contribution in [3.8, 4) is 0 Å². The highest BCUT2D eigenvalue weighted by Crippen LogP contribution is 2.10. The van der Waals surface area contributed by atoms with Crippen LogP contribution in [0.2, 0.25) is 0 Å². The molecule has 0 bridgehead atoms. The van der Waals surface area contributed by atoms with Gasteiger partial charge in [-0.3, -0.25) is 0 Å². The minimum atomic E-state index is -1.75. The van der Waals surface area contributed by atoms with Gasteiger partial charge in [0, 0.05) is 6.92 Å². The van der Waals surface area contributed by atoms with E-state index in [0.717, 1.165) is 5.82 Å². The number of nitrogens with zero attached hydrogens (tertiary/aromatic N) is 4. The highest BCUT2D eigenvalue weighted by Gasteiger charge is 2.20. The highest BCUT2D eigenvalue weighted by molar-refractivity contribution is 5.13. The Balaban J connectivity index is 0.000000487. The first-order valence-corrected chi connectivity index (χ1v) is 4.32. The number of rotatable bonds is 2. The van der Waals surface area contributed by atoms with E-state index in [2.05, 4.69) is 0 Å². The second kappa shape index (κ2) is 5.63. The van der Waals surface area contributed by atoms with Crippen LogP contribution in [0.15, 0.2) is 6.20 Å². The Kier molecular flexibility index (Phi) is 4.86. The lowest BCUT2D eigenvalue weighted by atomic mass is 10.6. The number of imidazole rings is 1. The van der Waals surface area contributed by atoms with Crippen LogP contribution in [-0.2, 0) is 13.6 Å². The van der Waals surface area contributed by atoms with Crippen LogP contribution >= 0.6 is 0 Å². The van der Waals surface area contributed by atoms with Crippen molar-refractivity contribution in [2.45, 2.75) is 20.4 Å². The first-order valence-electron chi connectivity index (χ1n) is 4.32. The van der Waals surface area contributed by atoms with Gasteiger partial charge in [-0.25, -0.2) is 4.57 Å². The topological polar surface area (TPSA) is 118 Å². The van der Waals surface area contributed by atoms with Crippen molar-refractivity contribution in [1.82, 2.24) is 4.57 Å². The van der Waals surface area contributed by atoms with Gasteiger partial charge in [0.1, 0.15) is 0 Å². The van der Waals surface area contributed by atoms with Crippen molar-refractivity contribution in [3.05, 3.63) is 37.5 Å². The van der Waals surface area contributed by atoms with E-state index in [1.54, 1.807) is 16.2 Å². The van der Waals surface area contributed by atoms with Crippen molar-refractivity contribution in [1.29, 1.82) is 0 Å². The predicted octanol–water partition coefficient (Wildman–Crippen LogP) is 0.310. The van der Waals surface area contributed by atoms with E-state index in [1.807, 2.05) is 13.8 Å². The summed E-state index contributed by atoms with van der Waals surface area (Å²) in [7, 11) is 1.80. The van der Waals surface area contributed by atoms with Gasteiger partial charge in [0.15, 0.2) is 6.20 Å². The van der Waals surface area contributed by atoms with Crippen LogP contribution in [0.25, 0.3) is 0 Å². The molecule has 1 aromatic rings. The quantitative estimate of drug-likeness (QED) is 0.413. The molecule has 9 nitrogen and oxygen atoms in total. The van der Waals surface area contributed by atoms with Crippen LogP contribution in [0.4, 0.5) is 5.82 Å². The fraction of sp³-hybridized carbons (Fsp3) is 0.571. The summed E-state index contributed by atoms with van der Waals surface area (Å²) in [6, 6.07) is 0. The van der Waals surface area contributed by atoms with Crippen LogP contribution in [0.1, 0.15) is 12.7 Å². The van der Waals surface area contributed by atoms with Gasteiger partial charge in [-0.15, -0.1) is 0 Å². The Hall–Kier alpha value is -2.19. The molecule has 1 rings (SSSR count). The van der Waals surface area contributed by atoms with Gasteiger partial charge in [0.05, 0.1) is 18.7 Å². The Morgan fingerprint density at radius 3 is 2.06 bits per heavy atom. The second-order valence-corrected chi connectivity index (χ2v) is 2.87. The minimum Gasteiger partial charge on any atom is -0.358 e. The van der Waals surface area contributed by atoms with Crippen molar-refractivity contribution < 1.29 is 14.6 Å². The van der Waals surface area contributed by atoms with Gasteiger partial charge in [-0.2, -0.15) is 4.57 Å². The second-order valence-electron chi connectivity index (χ2n) is 2.87. The van der Waals surface area contributed by atoms with Gasteiger partial charge < -0.3 is 25.4 Å². The predicted molar refractivity (Wildman–Crippen MR) is 53.0 cm³/mol. The molecule has 9 heteroatoms. The molecule has 0 aliphatic rings. The minimum absolute atomic E-state index is 0.150. The normalized spacial score (nSPS) is 9.19. The lowest BCUT2D eigenvalue weighted by molar-refractivity contribution is -0.678. The van der Waals surface area contributed by atoms with Crippen LogP contribution < -0.4 is 4.57 Å². The molecule has 0 atom stereocenters. The fourth-order valence-corrected chi connectivity index (χ4v) is 1.23. The number of aromatic nitrogens is 2. The van der Waals surface area contributed by atoms with Crippen molar-refractivity contribution in [3.63, 3.8) is 0 Å². The maximum absolute atomic E-state index is 10.5. The Bertz CT molecular complexity index is 396. The third-order valence-corrected chi connectivity index (χ3v) is 1.99. The summed E-state index contributed by atoms with van der Waals surface area (Å²) in [5.74, 6) is 1.04. The zero-order valence-electron chi connectivity index (χ0n) is 9.11. The zero-order valence-corrected chi connectivity index (χ0v) is 9.11. The molecule has 0 radical (unpaired) electrons. The van der Waals surface area contributed by atoms with Gasteiger partial charge in [0.2, 0.25) is 0 Å². The first kappa shape index (κ1) is 13.8. The van der Waals surface area contributed by atoms with Crippen molar-refractivity contribution in [2.75, 3.05) is 0 Å². The standard InChI is InChI=1S/C7H12N3O2.NO3/c1-4-9-6(2)8(3)5-7(9)10(11)12;2-1(3)4/h5H,4H2,1-3H3;/q+1;-1. The average Bonchev–Trinajstić information content (AvgIpc) is 2.42. The molecule has 0 aliphatic heterocycles. The molecule has 0 saturated heterocycles. The molecule has 0 aromatic carbocycles. The fourth-order valence-electron chi connectivity index (χ4n) is 1.23. The molecule has 0 saturated carbocycles. The van der Waals surface area contributed by atoms with E-state index < -0.39 is 5.09 Å². The largest absolute Gasteiger partial charge is 0.365 e. The smallest absolute Gasteiger partial charge is 0.358 e. The maximum atomic E-state index is 10.5. The van der Waals surface area contributed by atoms with Crippen molar-refractivity contribution >= 4 is 5.82 Å². The number of hydrogen-bond acceptors (Lipinski definition) is 5. The average molecular weight is 232 g/mol. The summed E-state index contributed by atoms with van der Waals surface area (Å²) in [6.07, 6.45) is 1.53. The molecule has 16 heavy (non-hydrogen) atoms. The Morgan fingerprint density at radius 2 is 1.81 bits per heavy atom. The van der Waals surface area contributed by atoms with Gasteiger partial charge in [-0.05, 0) is 11.8 Å². The SMILES string of the molecule is CCn1c([N+](=O)[O-])c[n+](C)c1C.O=[N+]([O-])[O-]. The molecule has 90 valence electrons. The van der Waals surface area contributed by atoms with Gasteiger partial charge in [-0.1, -0.05) is 0 Å². The summed E-state index contributed by atoms with van der Waals surface area (Å²) < 4.78 is 3.42. The van der Waals surface area contributed by atoms with Gasteiger partial charge >= 0.3 is 5.82 Å². The molecule has 0 unspecified atom stereocenters. The van der Waals surface area contributed by atoms with Crippen LogP contribution in [0, 0.1) is 32.4 Å². The molecule has 0 aliphatic carbocycles. The maximum Gasteiger partial charge on any atom is 0.365 e. The van der Waals surface area contributed by atoms with Crippen LogP contribution in [-0.4, -0.2) is 14.6 Å². The summed E-state index contributed by atoms with van der Waals surface area (Å²) in [6.45, 7) is 4.37. The molecular formula is C7H12N4O5. The van der Waals surface area contributed by atoms with E-state index in [0.29, 0.717) is 6.54 Å². The third-order valence-electron chi connectivity index (χ3n) is 1.99. The summed E-state index contributed by atoms with van der Waals surface area (Å²) in [5.41, 5.74) is 0.